The summed E-state index contributed by atoms with van der Waals surface area (Å²) in [6.45, 7) is 4.17. The summed E-state index contributed by atoms with van der Waals surface area (Å²) in [7, 11) is 0. The maximum atomic E-state index is 11.5. The maximum Gasteiger partial charge on any atom is 0.224 e. The highest BCUT2D eigenvalue weighted by atomic mass is 16.3. The van der Waals surface area contributed by atoms with Gasteiger partial charge in [-0.15, -0.1) is 0 Å². The molecule has 3 heteroatoms. The monoisotopic (exact) mass is 221 g/mol. The molecule has 0 saturated heterocycles. The van der Waals surface area contributed by atoms with Gasteiger partial charge in [0.1, 0.15) is 0 Å². The Morgan fingerprint density at radius 3 is 2.50 bits per heavy atom. The first-order valence-electron chi connectivity index (χ1n) is 5.58. The molecule has 1 atom stereocenters. The minimum Gasteiger partial charge on any atom is -0.391 e. The van der Waals surface area contributed by atoms with Crippen LogP contribution >= 0.6 is 0 Å². The molecule has 1 unspecified atom stereocenters. The van der Waals surface area contributed by atoms with Gasteiger partial charge in [0, 0.05) is 6.54 Å². The number of hydrogen-bond acceptors (Lipinski definition) is 2. The Morgan fingerprint density at radius 1 is 1.31 bits per heavy atom. The molecule has 2 N–H and O–H groups in total. The zero-order valence-corrected chi connectivity index (χ0v) is 9.81. The molecule has 1 amide bonds. The van der Waals surface area contributed by atoms with E-state index in [2.05, 4.69) is 5.32 Å². The van der Waals surface area contributed by atoms with Gasteiger partial charge in [0.25, 0.3) is 0 Å². The third-order valence-electron chi connectivity index (χ3n) is 2.49. The topological polar surface area (TPSA) is 49.3 Å². The molecule has 0 heterocycles. The van der Waals surface area contributed by atoms with Crippen LogP contribution < -0.4 is 5.32 Å². The molecule has 0 fully saturated rings. The van der Waals surface area contributed by atoms with Crippen LogP contribution in [0.15, 0.2) is 30.3 Å². The van der Waals surface area contributed by atoms with Gasteiger partial charge in [-0.1, -0.05) is 44.2 Å². The molecule has 3 nitrogen and oxygen atoms in total. The molecule has 0 spiro atoms. The van der Waals surface area contributed by atoms with Crippen molar-refractivity contribution in [2.75, 3.05) is 6.54 Å². The molecular weight excluding hydrogens is 202 g/mol. The predicted molar refractivity (Wildman–Crippen MR) is 64.0 cm³/mol. The summed E-state index contributed by atoms with van der Waals surface area (Å²) in [5.74, 6) is 0.114. The quantitative estimate of drug-likeness (QED) is 0.788. The van der Waals surface area contributed by atoms with Crippen LogP contribution in [0.1, 0.15) is 19.4 Å². The first-order chi connectivity index (χ1) is 7.59. The Morgan fingerprint density at radius 2 is 1.94 bits per heavy atom. The highest BCUT2D eigenvalue weighted by Gasteiger charge is 2.10. The van der Waals surface area contributed by atoms with E-state index in [1.165, 1.54) is 0 Å². The molecule has 1 aromatic carbocycles. The zero-order chi connectivity index (χ0) is 12.0. The Labute approximate surface area is 96.5 Å². The standard InChI is InChI=1S/C13H19NO2/c1-10(2)12(15)9-14-13(16)8-11-6-4-3-5-7-11/h3-7,10,12,15H,8-9H2,1-2H3,(H,14,16). The number of carbonyl (C=O) groups is 1. The van der Waals surface area contributed by atoms with E-state index in [-0.39, 0.29) is 11.8 Å². The van der Waals surface area contributed by atoms with Gasteiger partial charge in [0.15, 0.2) is 0 Å². The van der Waals surface area contributed by atoms with Gasteiger partial charge >= 0.3 is 0 Å². The molecular formula is C13H19NO2. The smallest absolute Gasteiger partial charge is 0.224 e. The van der Waals surface area contributed by atoms with Crippen molar-refractivity contribution < 1.29 is 9.90 Å². The highest BCUT2D eigenvalue weighted by Crippen LogP contribution is 2.01. The van der Waals surface area contributed by atoms with Gasteiger partial charge in [-0.2, -0.15) is 0 Å². The molecule has 1 rings (SSSR count). The summed E-state index contributed by atoms with van der Waals surface area (Å²) in [5.41, 5.74) is 0.985. The van der Waals surface area contributed by atoms with Crippen LogP contribution in [0.2, 0.25) is 0 Å². The lowest BCUT2D eigenvalue weighted by Crippen LogP contribution is -2.35. The summed E-state index contributed by atoms with van der Waals surface area (Å²) in [6, 6.07) is 9.57. The summed E-state index contributed by atoms with van der Waals surface area (Å²) in [6.07, 6.45) is -0.106. The third kappa shape index (κ3) is 4.45. The van der Waals surface area contributed by atoms with Crippen molar-refractivity contribution in [1.82, 2.24) is 5.32 Å². The average molecular weight is 221 g/mol. The lowest BCUT2D eigenvalue weighted by atomic mass is 10.1. The Balaban J connectivity index is 2.32. The van der Waals surface area contributed by atoms with Crippen molar-refractivity contribution >= 4 is 5.91 Å². The van der Waals surface area contributed by atoms with Gasteiger partial charge in [-0.3, -0.25) is 4.79 Å². The molecule has 16 heavy (non-hydrogen) atoms. The lowest BCUT2D eigenvalue weighted by Gasteiger charge is -2.14. The first kappa shape index (κ1) is 12.7. The van der Waals surface area contributed by atoms with Gasteiger partial charge in [-0.05, 0) is 11.5 Å². The van der Waals surface area contributed by atoms with Crippen LogP contribution in [0.4, 0.5) is 0 Å². The second-order valence-electron chi connectivity index (χ2n) is 4.28. The minimum absolute atomic E-state index is 0.0501. The number of carbonyl (C=O) groups excluding carboxylic acids is 1. The fraction of sp³-hybridized carbons (Fsp3) is 0.462. The second-order valence-corrected chi connectivity index (χ2v) is 4.28. The third-order valence-corrected chi connectivity index (χ3v) is 2.49. The SMILES string of the molecule is CC(C)C(O)CNC(=O)Cc1ccccc1. The van der Waals surface area contributed by atoms with Gasteiger partial charge in [0.2, 0.25) is 5.91 Å². The van der Waals surface area contributed by atoms with Gasteiger partial charge in [-0.25, -0.2) is 0 Å². The number of aliphatic hydroxyl groups is 1. The van der Waals surface area contributed by atoms with Crippen LogP contribution in [0, 0.1) is 5.92 Å². The number of aliphatic hydroxyl groups excluding tert-OH is 1. The molecule has 0 radical (unpaired) electrons. The number of nitrogens with one attached hydrogen (secondary N) is 1. The number of benzene rings is 1. The summed E-state index contributed by atoms with van der Waals surface area (Å²) in [5, 5.41) is 12.2. The van der Waals surface area contributed by atoms with E-state index in [4.69, 9.17) is 0 Å². The van der Waals surface area contributed by atoms with Crippen molar-refractivity contribution in [3.63, 3.8) is 0 Å². The average Bonchev–Trinajstić information content (AvgIpc) is 2.27. The fourth-order valence-corrected chi connectivity index (χ4v) is 1.30. The van der Waals surface area contributed by atoms with E-state index in [0.29, 0.717) is 13.0 Å². The van der Waals surface area contributed by atoms with E-state index in [1.54, 1.807) is 0 Å². The van der Waals surface area contributed by atoms with Crippen molar-refractivity contribution in [1.29, 1.82) is 0 Å². The van der Waals surface area contributed by atoms with Crippen LogP contribution in [0.3, 0.4) is 0 Å². The van der Waals surface area contributed by atoms with Crippen molar-refractivity contribution in [2.24, 2.45) is 5.92 Å². The number of hydrogen-bond donors (Lipinski definition) is 2. The minimum atomic E-state index is -0.472. The normalized spacial score (nSPS) is 12.5. The van der Waals surface area contributed by atoms with E-state index in [0.717, 1.165) is 5.56 Å². The lowest BCUT2D eigenvalue weighted by molar-refractivity contribution is -0.121. The molecule has 0 aliphatic heterocycles. The van der Waals surface area contributed by atoms with E-state index >= 15 is 0 Å². The van der Waals surface area contributed by atoms with Gasteiger partial charge < -0.3 is 10.4 Å². The molecule has 0 saturated carbocycles. The van der Waals surface area contributed by atoms with Crippen LogP contribution in [0.25, 0.3) is 0 Å². The summed E-state index contributed by atoms with van der Waals surface area (Å²) in [4.78, 5) is 11.5. The summed E-state index contributed by atoms with van der Waals surface area (Å²) >= 11 is 0. The van der Waals surface area contributed by atoms with Crippen LogP contribution in [-0.4, -0.2) is 23.7 Å². The first-order valence-corrected chi connectivity index (χ1v) is 5.58. The van der Waals surface area contributed by atoms with E-state index < -0.39 is 6.10 Å². The Hall–Kier alpha value is -1.35. The van der Waals surface area contributed by atoms with Crippen molar-refractivity contribution in [3.8, 4) is 0 Å². The maximum absolute atomic E-state index is 11.5. The molecule has 0 aromatic heterocycles. The Kier molecular flexibility index (Phi) is 4.99. The van der Waals surface area contributed by atoms with Crippen LogP contribution in [-0.2, 0) is 11.2 Å². The zero-order valence-electron chi connectivity index (χ0n) is 9.81. The highest BCUT2D eigenvalue weighted by molar-refractivity contribution is 5.78. The molecule has 0 aliphatic carbocycles. The van der Waals surface area contributed by atoms with Crippen molar-refractivity contribution in [2.45, 2.75) is 26.4 Å². The fourth-order valence-electron chi connectivity index (χ4n) is 1.30. The second kappa shape index (κ2) is 6.28. The van der Waals surface area contributed by atoms with Crippen LogP contribution in [0.5, 0.6) is 0 Å². The summed E-state index contributed by atoms with van der Waals surface area (Å²) < 4.78 is 0. The largest absolute Gasteiger partial charge is 0.391 e. The van der Waals surface area contributed by atoms with Crippen molar-refractivity contribution in [3.05, 3.63) is 35.9 Å². The van der Waals surface area contributed by atoms with E-state index in [9.17, 15) is 9.90 Å². The Bertz CT molecular complexity index is 322. The molecule has 0 aliphatic rings. The van der Waals surface area contributed by atoms with Gasteiger partial charge in [0.05, 0.1) is 12.5 Å². The molecule has 88 valence electrons. The number of rotatable bonds is 5. The predicted octanol–water partition coefficient (Wildman–Crippen LogP) is 1.36. The molecule has 1 aromatic rings. The number of amides is 1. The van der Waals surface area contributed by atoms with E-state index in [1.807, 2.05) is 44.2 Å². The molecule has 0 bridgehead atoms.